The smallest absolute Gasteiger partial charge is 0.289 e. The minimum absolute atomic E-state index is 0.204. The first kappa shape index (κ1) is 18.4. The molecule has 1 aliphatic heterocycles. The summed E-state index contributed by atoms with van der Waals surface area (Å²) in [7, 11) is 0. The fraction of sp³-hybridized carbons (Fsp3) is 0.261. The van der Waals surface area contributed by atoms with E-state index in [1.807, 2.05) is 54.6 Å². The molecule has 1 saturated carbocycles. The zero-order valence-electron chi connectivity index (χ0n) is 16.5. The SMILES string of the molecule is O=C(NC1CCCCC1)C1=NC(Nc2nc(-c3ccccc3)nc3ccccc23)=N1. The molecule has 0 bridgehead atoms. The van der Waals surface area contributed by atoms with E-state index in [0.29, 0.717) is 17.6 Å². The summed E-state index contributed by atoms with van der Waals surface area (Å²) in [5.41, 5.74) is 1.76. The maximum atomic E-state index is 12.3. The molecule has 0 spiro atoms. The third-order valence-corrected chi connectivity index (χ3v) is 5.43. The Labute approximate surface area is 174 Å². The number of nitrogens with zero attached hydrogens (tertiary/aromatic N) is 4. The van der Waals surface area contributed by atoms with Gasteiger partial charge in [-0.2, -0.15) is 9.98 Å². The van der Waals surface area contributed by atoms with Gasteiger partial charge in [0.05, 0.1) is 5.52 Å². The molecular formula is C23H22N6O. The number of guanidine groups is 1. The van der Waals surface area contributed by atoms with E-state index in [2.05, 4.69) is 30.6 Å². The number of fused-ring (bicyclic) bond motifs is 1. The number of carbonyl (C=O) groups excluding carboxylic acids is 1. The van der Waals surface area contributed by atoms with Crippen molar-refractivity contribution in [1.29, 1.82) is 0 Å². The van der Waals surface area contributed by atoms with Crippen LogP contribution in [0.25, 0.3) is 22.3 Å². The number of amidine groups is 1. The van der Waals surface area contributed by atoms with Crippen LogP contribution in [0.5, 0.6) is 0 Å². The monoisotopic (exact) mass is 398 g/mol. The van der Waals surface area contributed by atoms with Crippen molar-refractivity contribution in [2.45, 2.75) is 38.1 Å². The van der Waals surface area contributed by atoms with E-state index in [-0.39, 0.29) is 17.8 Å². The molecule has 0 saturated heterocycles. The molecule has 2 aliphatic rings. The summed E-state index contributed by atoms with van der Waals surface area (Å²) in [4.78, 5) is 30.2. The zero-order chi connectivity index (χ0) is 20.3. The number of hydrogen-bond acceptors (Lipinski definition) is 6. The number of anilines is 1. The first-order valence-electron chi connectivity index (χ1n) is 10.3. The quantitative estimate of drug-likeness (QED) is 0.697. The summed E-state index contributed by atoms with van der Waals surface area (Å²) in [5, 5.41) is 7.06. The predicted molar refractivity (Wildman–Crippen MR) is 118 cm³/mol. The Morgan fingerprint density at radius 3 is 2.40 bits per heavy atom. The standard InChI is InChI=1S/C23H22N6O/c30-22(24-16-11-5-2-6-12-16)21-28-23(29-21)27-20-17-13-7-8-14-18(17)25-19(26-20)15-9-3-1-4-10-15/h1,3-4,7-10,13-14,16H,2,5-6,11-12H2,(H,24,30)(H,25,26,27,28,29). The van der Waals surface area contributed by atoms with Gasteiger partial charge in [-0.1, -0.05) is 61.7 Å². The maximum absolute atomic E-state index is 12.3. The highest BCUT2D eigenvalue weighted by atomic mass is 16.2. The van der Waals surface area contributed by atoms with Crippen LogP contribution in [0.3, 0.4) is 0 Å². The van der Waals surface area contributed by atoms with Crippen LogP contribution < -0.4 is 10.6 Å². The number of amides is 1. The number of rotatable bonds is 4. The minimum Gasteiger partial charge on any atom is -0.347 e. The third kappa shape index (κ3) is 3.78. The van der Waals surface area contributed by atoms with Crippen LogP contribution >= 0.6 is 0 Å². The van der Waals surface area contributed by atoms with E-state index in [0.717, 1.165) is 42.1 Å². The normalized spacial score (nSPS) is 16.4. The van der Waals surface area contributed by atoms with Crippen LogP contribution in [0, 0.1) is 0 Å². The second kappa shape index (κ2) is 8.02. The van der Waals surface area contributed by atoms with Crippen molar-refractivity contribution in [3.63, 3.8) is 0 Å². The van der Waals surface area contributed by atoms with Gasteiger partial charge in [-0.3, -0.25) is 4.79 Å². The van der Waals surface area contributed by atoms with Crippen molar-refractivity contribution in [1.82, 2.24) is 15.3 Å². The molecule has 3 aromatic rings. The van der Waals surface area contributed by atoms with E-state index in [1.54, 1.807) is 0 Å². The van der Waals surface area contributed by atoms with Gasteiger partial charge in [0.2, 0.25) is 11.8 Å². The molecule has 1 aromatic heterocycles. The lowest BCUT2D eigenvalue weighted by Crippen LogP contribution is -2.42. The molecular weight excluding hydrogens is 376 g/mol. The Bertz CT molecular complexity index is 1150. The fourth-order valence-electron chi connectivity index (χ4n) is 3.85. The number of para-hydroxylation sites is 1. The van der Waals surface area contributed by atoms with Crippen LogP contribution in [0.2, 0.25) is 0 Å². The topological polar surface area (TPSA) is 91.6 Å². The Morgan fingerprint density at radius 2 is 1.60 bits per heavy atom. The number of carbonyl (C=O) groups is 1. The summed E-state index contributed by atoms with van der Waals surface area (Å²) >= 11 is 0. The average Bonchev–Trinajstić information content (AvgIpc) is 2.77. The second-order valence-corrected chi connectivity index (χ2v) is 7.58. The summed E-state index contributed by atoms with van der Waals surface area (Å²) in [6.45, 7) is 0. The molecule has 1 aliphatic carbocycles. The average molecular weight is 398 g/mol. The number of aromatic nitrogens is 2. The predicted octanol–water partition coefficient (Wildman–Crippen LogP) is 3.93. The lowest BCUT2D eigenvalue weighted by atomic mass is 9.95. The Balaban J connectivity index is 1.34. The molecule has 1 amide bonds. The highest BCUT2D eigenvalue weighted by Gasteiger charge is 2.24. The van der Waals surface area contributed by atoms with Gasteiger partial charge in [-0.15, -0.1) is 0 Å². The van der Waals surface area contributed by atoms with Crippen molar-refractivity contribution in [2.75, 3.05) is 5.32 Å². The van der Waals surface area contributed by atoms with Gasteiger partial charge in [0, 0.05) is 17.0 Å². The summed E-state index contributed by atoms with van der Waals surface area (Å²) in [6, 6.07) is 17.8. The van der Waals surface area contributed by atoms with Crippen LogP contribution in [-0.4, -0.2) is 33.7 Å². The van der Waals surface area contributed by atoms with Gasteiger partial charge in [0.15, 0.2) is 5.82 Å². The van der Waals surface area contributed by atoms with Gasteiger partial charge >= 0.3 is 0 Å². The van der Waals surface area contributed by atoms with Crippen LogP contribution in [0.4, 0.5) is 5.82 Å². The number of nitrogens with one attached hydrogen (secondary N) is 2. The third-order valence-electron chi connectivity index (χ3n) is 5.43. The summed E-state index contributed by atoms with van der Waals surface area (Å²) in [6.07, 6.45) is 5.64. The fourth-order valence-corrected chi connectivity index (χ4v) is 3.85. The van der Waals surface area contributed by atoms with Crippen molar-refractivity contribution < 1.29 is 4.79 Å². The second-order valence-electron chi connectivity index (χ2n) is 7.58. The van der Waals surface area contributed by atoms with Gasteiger partial charge in [-0.05, 0) is 25.0 Å². The summed E-state index contributed by atoms with van der Waals surface area (Å²) < 4.78 is 0. The number of hydrogen-bond donors (Lipinski definition) is 2. The largest absolute Gasteiger partial charge is 0.347 e. The lowest BCUT2D eigenvalue weighted by Gasteiger charge is -2.23. The van der Waals surface area contributed by atoms with Gasteiger partial charge in [0.1, 0.15) is 5.82 Å². The van der Waals surface area contributed by atoms with Crippen LogP contribution in [0.15, 0.2) is 64.6 Å². The number of aliphatic imine (C=N–C) groups is 2. The molecule has 2 N–H and O–H groups in total. The van der Waals surface area contributed by atoms with E-state index in [4.69, 9.17) is 0 Å². The Kier molecular flexibility index (Phi) is 4.93. The van der Waals surface area contributed by atoms with Crippen LogP contribution in [0.1, 0.15) is 32.1 Å². The highest BCUT2D eigenvalue weighted by Crippen LogP contribution is 2.25. The maximum Gasteiger partial charge on any atom is 0.289 e. The molecule has 2 aromatic carbocycles. The van der Waals surface area contributed by atoms with E-state index in [1.165, 1.54) is 6.42 Å². The zero-order valence-corrected chi connectivity index (χ0v) is 16.5. The van der Waals surface area contributed by atoms with Crippen LogP contribution in [-0.2, 0) is 4.79 Å². The van der Waals surface area contributed by atoms with E-state index in [9.17, 15) is 4.79 Å². The van der Waals surface area contributed by atoms with Gasteiger partial charge < -0.3 is 10.6 Å². The molecule has 7 nitrogen and oxygen atoms in total. The van der Waals surface area contributed by atoms with Crippen molar-refractivity contribution >= 4 is 34.4 Å². The molecule has 0 atom stereocenters. The number of benzene rings is 2. The molecule has 5 rings (SSSR count). The molecule has 7 heteroatoms. The first-order valence-corrected chi connectivity index (χ1v) is 10.3. The molecule has 2 heterocycles. The molecule has 30 heavy (non-hydrogen) atoms. The molecule has 1 fully saturated rings. The van der Waals surface area contributed by atoms with Gasteiger partial charge in [-0.25, -0.2) is 9.97 Å². The van der Waals surface area contributed by atoms with E-state index >= 15 is 0 Å². The van der Waals surface area contributed by atoms with Crippen molar-refractivity contribution in [2.24, 2.45) is 9.98 Å². The lowest BCUT2D eigenvalue weighted by molar-refractivity contribution is -0.115. The van der Waals surface area contributed by atoms with Crippen molar-refractivity contribution in [3.8, 4) is 11.4 Å². The highest BCUT2D eigenvalue weighted by molar-refractivity contribution is 6.45. The molecule has 0 unspecified atom stereocenters. The minimum atomic E-state index is -0.204. The first-order chi connectivity index (χ1) is 14.8. The Hall–Kier alpha value is -3.61. The van der Waals surface area contributed by atoms with Gasteiger partial charge in [0.25, 0.3) is 5.91 Å². The molecule has 0 radical (unpaired) electrons. The van der Waals surface area contributed by atoms with E-state index < -0.39 is 0 Å². The Morgan fingerprint density at radius 1 is 0.867 bits per heavy atom. The van der Waals surface area contributed by atoms with Crippen molar-refractivity contribution in [3.05, 3.63) is 54.6 Å². The molecule has 150 valence electrons. The summed E-state index contributed by atoms with van der Waals surface area (Å²) in [5.74, 6) is 1.63.